The lowest BCUT2D eigenvalue weighted by atomic mass is 10.8. The third-order valence-corrected chi connectivity index (χ3v) is 0.436. The fraction of sp³-hybridized carbons (Fsp3) is 0. The van der Waals surface area contributed by atoms with E-state index in [1.807, 2.05) is 5.43 Å². The van der Waals surface area contributed by atoms with Gasteiger partial charge in [-0.3, -0.25) is 5.43 Å². The van der Waals surface area contributed by atoms with E-state index >= 15 is 0 Å². The molecule has 9 heavy (non-hydrogen) atoms. The molecule has 0 radical (unpaired) electrons. The summed E-state index contributed by atoms with van der Waals surface area (Å²) >= 11 is 4.29. The van der Waals surface area contributed by atoms with E-state index in [0.717, 1.165) is 0 Å². The Morgan fingerprint density at radius 1 is 1.89 bits per heavy atom. The van der Waals surface area contributed by atoms with Crippen LogP contribution in [0, 0.1) is 0 Å². The second-order valence-corrected chi connectivity index (χ2v) is 1.49. The van der Waals surface area contributed by atoms with E-state index in [0.29, 0.717) is 6.21 Å². The van der Waals surface area contributed by atoms with E-state index in [1.54, 1.807) is 0 Å². The van der Waals surface area contributed by atoms with E-state index in [9.17, 15) is 9.90 Å². The number of hydrogen-bond donors (Lipinski definition) is 2. The zero-order valence-electron chi connectivity index (χ0n) is 4.33. The molecule has 0 fully saturated rings. The number of aliphatic carboxylic acids is 1. The van der Waals surface area contributed by atoms with Crippen molar-refractivity contribution in [3.05, 3.63) is 0 Å². The van der Waals surface area contributed by atoms with Gasteiger partial charge in [-0.05, 0) is 12.2 Å². The van der Waals surface area contributed by atoms with Gasteiger partial charge in [-0.25, -0.2) is 0 Å². The molecule has 6 heteroatoms. The standard InChI is InChI=1S/C3H5N3O2S/c4-3(9)6-5-1-2(7)8/h1H,(H,7,8)(H3,4,6,9)/p-1/b5-1-. The van der Waals surface area contributed by atoms with E-state index in [-0.39, 0.29) is 5.11 Å². The Hall–Kier alpha value is -1.17. The second kappa shape index (κ2) is 3.79. The fourth-order valence-corrected chi connectivity index (χ4v) is 0.201. The summed E-state index contributed by atoms with van der Waals surface area (Å²) in [4.78, 5) is 9.60. The van der Waals surface area contributed by atoms with Gasteiger partial charge in [0.25, 0.3) is 0 Å². The first-order chi connectivity index (χ1) is 4.13. The smallest absolute Gasteiger partial charge is 0.184 e. The zero-order chi connectivity index (χ0) is 7.28. The van der Waals surface area contributed by atoms with Crippen molar-refractivity contribution in [3.63, 3.8) is 0 Å². The molecule has 0 bridgehead atoms. The van der Waals surface area contributed by atoms with Gasteiger partial charge in [0.15, 0.2) is 5.11 Å². The molecule has 0 spiro atoms. The SMILES string of the molecule is NC(=S)N/N=C\C(=O)[O-]. The van der Waals surface area contributed by atoms with Crippen LogP contribution in [0.2, 0.25) is 0 Å². The van der Waals surface area contributed by atoms with Crippen LogP contribution < -0.4 is 16.3 Å². The Kier molecular flexibility index (Phi) is 3.29. The van der Waals surface area contributed by atoms with Gasteiger partial charge in [0, 0.05) is 0 Å². The van der Waals surface area contributed by atoms with Gasteiger partial charge >= 0.3 is 0 Å². The fourth-order valence-electron chi connectivity index (χ4n) is 0.149. The third-order valence-electron chi connectivity index (χ3n) is 0.345. The minimum absolute atomic E-state index is 0.0903. The molecule has 0 unspecified atom stereocenters. The Labute approximate surface area is 56.5 Å². The maximum atomic E-state index is 9.60. The summed E-state index contributed by atoms with van der Waals surface area (Å²) in [6, 6.07) is 0. The van der Waals surface area contributed by atoms with Crippen LogP contribution in [0.5, 0.6) is 0 Å². The summed E-state index contributed by atoms with van der Waals surface area (Å²) in [6.07, 6.45) is 0.541. The van der Waals surface area contributed by atoms with Crippen LogP contribution in [0.4, 0.5) is 0 Å². The van der Waals surface area contributed by atoms with Crippen molar-refractivity contribution in [3.8, 4) is 0 Å². The lowest BCUT2D eigenvalue weighted by molar-refractivity contribution is -0.293. The molecule has 0 aliphatic carbocycles. The number of nitrogens with zero attached hydrogens (tertiary/aromatic N) is 1. The van der Waals surface area contributed by atoms with E-state index in [4.69, 9.17) is 5.73 Å². The van der Waals surface area contributed by atoms with Crippen LogP contribution in [-0.2, 0) is 4.79 Å². The van der Waals surface area contributed by atoms with Gasteiger partial charge < -0.3 is 15.6 Å². The number of hydrazone groups is 1. The molecule has 0 rings (SSSR count). The van der Waals surface area contributed by atoms with Gasteiger partial charge in [0.2, 0.25) is 0 Å². The van der Waals surface area contributed by atoms with Crippen LogP contribution in [0.15, 0.2) is 5.10 Å². The van der Waals surface area contributed by atoms with Crippen molar-refractivity contribution in [1.82, 2.24) is 5.43 Å². The van der Waals surface area contributed by atoms with Crippen molar-refractivity contribution in [2.24, 2.45) is 10.8 Å². The molecule has 0 aliphatic rings. The number of carboxylic acid groups (broad SMARTS) is 1. The number of carbonyl (C=O) groups excluding carboxylic acids is 1. The molecule has 0 aromatic rings. The van der Waals surface area contributed by atoms with E-state index in [1.165, 1.54) is 0 Å². The number of hydrogen-bond acceptors (Lipinski definition) is 4. The highest BCUT2D eigenvalue weighted by Gasteiger charge is 1.76. The topological polar surface area (TPSA) is 90.5 Å². The van der Waals surface area contributed by atoms with Crippen molar-refractivity contribution in [2.45, 2.75) is 0 Å². The summed E-state index contributed by atoms with van der Waals surface area (Å²) in [7, 11) is 0. The molecule has 0 aliphatic heterocycles. The molecule has 50 valence electrons. The monoisotopic (exact) mass is 146 g/mol. The molecular formula is C3H4N3O2S-. The first kappa shape index (κ1) is 7.83. The number of rotatable bonds is 2. The highest BCUT2D eigenvalue weighted by atomic mass is 32.1. The van der Waals surface area contributed by atoms with Gasteiger partial charge in [-0.2, -0.15) is 5.10 Å². The summed E-state index contributed by atoms with van der Waals surface area (Å²) in [5.41, 5.74) is 6.91. The number of carboxylic acids is 1. The number of nitrogens with two attached hydrogens (primary N) is 1. The normalized spacial score (nSPS) is 9.33. The molecule has 0 aromatic heterocycles. The van der Waals surface area contributed by atoms with Crippen molar-refractivity contribution >= 4 is 29.5 Å². The predicted molar refractivity (Wildman–Crippen MR) is 33.4 cm³/mol. The van der Waals surface area contributed by atoms with Crippen LogP contribution in [0.3, 0.4) is 0 Å². The third kappa shape index (κ3) is 6.83. The molecule has 0 aromatic carbocycles. The average Bonchev–Trinajstić information content (AvgIpc) is 1.63. The minimum atomic E-state index is -1.40. The second-order valence-electron chi connectivity index (χ2n) is 1.05. The Bertz CT molecular complexity index is 155. The van der Waals surface area contributed by atoms with Crippen LogP contribution in [0.1, 0.15) is 0 Å². The highest BCUT2D eigenvalue weighted by molar-refractivity contribution is 7.80. The maximum absolute atomic E-state index is 9.60. The largest absolute Gasteiger partial charge is 0.544 e. The summed E-state index contributed by atoms with van der Waals surface area (Å²) < 4.78 is 0. The van der Waals surface area contributed by atoms with Gasteiger partial charge in [-0.1, -0.05) is 0 Å². The zero-order valence-corrected chi connectivity index (χ0v) is 5.14. The number of thiocarbonyl (C=S) groups is 1. The molecule has 0 amide bonds. The minimum Gasteiger partial charge on any atom is -0.544 e. The average molecular weight is 146 g/mol. The summed E-state index contributed by atoms with van der Waals surface area (Å²) in [5.74, 6) is -1.40. The summed E-state index contributed by atoms with van der Waals surface area (Å²) in [5, 5.41) is 12.6. The Morgan fingerprint density at radius 3 is 2.78 bits per heavy atom. The molecule has 0 heterocycles. The molecule has 0 saturated carbocycles. The molecular weight excluding hydrogens is 142 g/mol. The van der Waals surface area contributed by atoms with Crippen LogP contribution in [0.25, 0.3) is 0 Å². The van der Waals surface area contributed by atoms with Crippen molar-refractivity contribution < 1.29 is 9.90 Å². The number of nitrogens with one attached hydrogen (secondary N) is 1. The van der Waals surface area contributed by atoms with Crippen LogP contribution in [-0.4, -0.2) is 17.3 Å². The number of carbonyl (C=O) groups is 1. The van der Waals surface area contributed by atoms with E-state index in [2.05, 4.69) is 17.3 Å². The quantitative estimate of drug-likeness (QED) is 0.256. The first-order valence-electron chi connectivity index (χ1n) is 1.92. The van der Waals surface area contributed by atoms with Gasteiger partial charge in [0.05, 0.1) is 12.2 Å². The molecule has 0 saturated heterocycles. The first-order valence-corrected chi connectivity index (χ1v) is 2.33. The lowest BCUT2D eigenvalue weighted by Crippen LogP contribution is -2.28. The van der Waals surface area contributed by atoms with Gasteiger partial charge in [-0.15, -0.1) is 0 Å². The summed E-state index contributed by atoms with van der Waals surface area (Å²) in [6.45, 7) is 0. The molecule has 0 atom stereocenters. The van der Waals surface area contributed by atoms with Crippen molar-refractivity contribution in [2.75, 3.05) is 0 Å². The maximum Gasteiger partial charge on any atom is 0.184 e. The Balaban J connectivity index is 3.48. The Morgan fingerprint density at radius 2 is 2.44 bits per heavy atom. The lowest BCUT2D eigenvalue weighted by Gasteiger charge is -1.92. The van der Waals surface area contributed by atoms with Crippen molar-refractivity contribution in [1.29, 1.82) is 0 Å². The van der Waals surface area contributed by atoms with E-state index < -0.39 is 5.97 Å². The van der Waals surface area contributed by atoms with Gasteiger partial charge in [0.1, 0.15) is 0 Å². The predicted octanol–water partition coefficient (Wildman–Crippen LogP) is -2.44. The molecule has 5 nitrogen and oxygen atoms in total. The van der Waals surface area contributed by atoms with Crippen LogP contribution >= 0.6 is 12.2 Å². The molecule has 3 N–H and O–H groups in total. The highest BCUT2D eigenvalue weighted by Crippen LogP contribution is 1.56.